The highest BCUT2D eigenvalue weighted by atomic mass is 16.6. The van der Waals surface area contributed by atoms with Gasteiger partial charge in [0, 0.05) is 35.6 Å². The molecule has 0 atom stereocenters. The van der Waals surface area contributed by atoms with Gasteiger partial charge < -0.3 is 41.0 Å². The summed E-state index contributed by atoms with van der Waals surface area (Å²) >= 11 is 0. The van der Waals surface area contributed by atoms with E-state index in [-0.39, 0.29) is 64.5 Å². The third-order valence-corrected chi connectivity index (χ3v) is 5.73. The maximum absolute atomic E-state index is 12.5. The molecule has 0 saturated heterocycles. The molecule has 3 aromatic rings. The number of hydrogen-bond acceptors (Lipinski definition) is 10. The maximum atomic E-state index is 12.5. The quantitative estimate of drug-likeness (QED) is 0.112. The van der Waals surface area contributed by atoms with Crippen molar-refractivity contribution < 1.29 is 38.1 Å². The van der Waals surface area contributed by atoms with Crippen LogP contribution in [0.5, 0.6) is 0 Å². The summed E-state index contributed by atoms with van der Waals surface area (Å²) in [5.41, 5.74) is 13.4. The third-order valence-electron chi connectivity index (χ3n) is 5.73. The minimum Gasteiger partial charge on any atom is -0.460 e. The van der Waals surface area contributed by atoms with Crippen LogP contribution in [0.3, 0.4) is 0 Å². The van der Waals surface area contributed by atoms with E-state index in [1.165, 1.54) is 6.07 Å². The Morgan fingerprint density at radius 3 is 1.40 bits per heavy atom. The molecule has 0 fully saturated rings. The molecule has 0 saturated carbocycles. The lowest BCUT2D eigenvalue weighted by Gasteiger charge is -2.10. The molecule has 3 rings (SSSR count). The van der Waals surface area contributed by atoms with E-state index in [1.807, 2.05) is 0 Å². The summed E-state index contributed by atoms with van der Waals surface area (Å²) in [6, 6.07) is 19.5. The molecule has 0 aliphatic heterocycles. The number of nitrogen functional groups attached to an aromatic ring is 2. The molecule has 6 N–H and O–H groups in total. The summed E-state index contributed by atoms with van der Waals surface area (Å²) in [6.07, 6.45) is 0. The molecule has 0 spiro atoms. The van der Waals surface area contributed by atoms with Crippen molar-refractivity contribution in [2.45, 2.75) is 0 Å². The molecule has 0 bridgehead atoms. The number of carbonyl (C=O) groups is 4. The lowest BCUT2D eigenvalue weighted by atomic mass is 10.1. The van der Waals surface area contributed by atoms with Crippen LogP contribution in [0, 0.1) is 0 Å². The fourth-order valence-corrected chi connectivity index (χ4v) is 3.59. The zero-order valence-electron chi connectivity index (χ0n) is 23.0. The number of anilines is 2. The maximum Gasteiger partial charge on any atom is 0.340 e. The standard InChI is InChI=1S/C30H34N4O8/c31-25-10-3-1-8-23(25)29(37)41-18-16-39-14-12-33-27(35)21-6-5-7-22(20-21)28(36)34-13-15-40-17-19-42-30(38)24-9-2-4-11-26(24)32/h1-11,20H,12-19,31-32H2,(H,33,35)(H,34,36). The first kappa shape index (κ1) is 31.6. The monoisotopic (exact) mass is 578 g/mol. The van der Waals surface area contributed by atoms with E-state index in [9.17, 15) is 19.2 Å². The predicted octanol–water partition coefficient (Wildman–Crippen LogP) is 2.06. The average Bonchev–Trinajstić information content (AvgIpc) is 3.00. The summed E-state index contributed by atoms with van der Waals surface area (Å²) in [5.74, 6) is -1.80. The average molecular weight is 579 g/mol. The zero-order chi connectivity index (χ0) is 30.2. The lowest BCUT2D eigenvalue weighted by Crippen LogP contribution is -2.29. The number of rotatable bonds is 16. The van der Waals surface area contributed by atoms with Gasteiger partial charge in [-0.25, -0.2) is 9.59 Å². The summed E-state index contributed by atoms with van der Waals surface area (Å²) in [4.78, 5) is 48.9. The number of carbonyl (C=O) groups excluding carboxylic acids is 4. The fraction of sp³-hybridized carbons (Fsp3) is 0.267. The fourth-order valence-electron chi connectivity index (χ4n) is 3.59. The SMILES string of the molecule is Nc1ccccc1C(=O)OCCOCCNC(=O)c1cccc(C(=O)NCCOCCOC(=O)c2ccccc2N)c1. The van der Waals surface area contributed by atoms with Crippen LogP contribution in [0.15, 0.2) is 72.8 Å². The first-order chi connectivity index (χ1) is 20.4. The van der Waals surface area contributed by atoms with Gasteiger partial charge in [0.2, 0.25) is 0 Å². The molecule has 3 aromatic carbocycles. The Morgan fingerprint density at radius 2 is 0.976 bits per heavy atom. The minimum absolute atomic E-state index is 0.0422. The Hall–Kier alpha value is -4.94. The Morgan fingerprint density at radius 1 is 0.548 bits per heavy atom. The van der Waals surface area contributed by atoms with Crippen LogP contribution in [-0.4, -0.2) is 76.5 Å². The largest absolute Gasteiger partial charge is 0.460 e. The normalized spacial score (nSPS) is 10.5. The van der Waals surface area contributed by atoms with Crippen molar-refractivity contribution in [1.29, 1.82) is 0 Å². The van der Waals surface area contributed by atoms with E-state index in [0.717, 1.165) is 0 Å². The van der Waals surface area contributed by atoms with Crippen molar-refractivity contribution in [3.05, 3.63) is 95.1 Å². The topological polar surface area (TPSA) is 181 Å². The van der Waals surface area contributed by atoms with E-state index < -0.39 is 11.9 Å². The molecule has 0 aliphatic rings. The summed E-state index contributed by atoms with van der Waals surface area (Å²) in [5, 5.41) is 5.42. The highest BCUT2D eigenvalue weighted by Gasteiger charge is 2.12. The zero-order valence-corrected chi connectivity index (χ0v) is 23.0. The van der Waals surface area contributed by atoms with E-state index in [4.69, 9.17) is 30.4 Å². The number of para-hydroxylation sites is 2. The van der Waals surface area contributed by atoms with Gasteiger partial charge in [-0.2, -0.15) is 0 Å². The summed E-state index contributed by atoms with van der Waals surface area (Å²) in [6.45, 7) is 1.25. The lowest BCUT2D eigenvalue weighted by molar-refractivity contribution is 0.0317. The van der Waals surface area contributed by atoms with Crippen molar-refractivity contribution in [2.24, 2.45) is 0 Å². The van der Waals surface area contributed by atoms with Crippen LogP contribution in [0.4, 0.5) is 11.4 Å². The van der Waals surface area contributed by atoms with Crippen LogP contribution in [0.1, 0.15) is 41.4 Å². The number of amides is 2. The predicted molar refractivity (Wildman–Crippen MR) is 155 cm³/mol. The van der Waals surface area contributed by atoms with Crippen molar-refractivity contribution in [3.63, 3.8) is 0 Å². The van der Waals surface area contributed by atoms with Crippen molar-refractivity contribution in [3.8, 4) is 0 Å². The van der Waals surface area contributed by atoms with Gasteiger partial charge in [0.1, 0.15) is 13.2 Å². The molecule has 0 heterocycles. The minimum atomic E-state index is -0.533. The summed E-state index contributed by atoms with van der Waals surface area (Å²) < 4.78 is 21.0. The van der Waals surface area contributed by atoms with Gasteiger partial charge in [0.25, 0.3) is 11.8 Å². The second-order valence-electron chi connectivity index (χ2n) is 8.76. The third kappa shape index (κ3) is 10.2. The number of ether oxygens (including phenoxy) is 4. The second-order valence-corrected chi connectivity index (χ2v) is 8.76. The first-order valence-electron chi connectivity index (χ1n) is 13.2. The van der Waals surface area contributed by atoms with Gasteiger partial charge in [-0.3, -0.25) is 9.59 Å². The number of nitrogens with one attached hydrogen (secondary N) is 2. The molecule has 222 valence electrons. The van der Waals surface area contributed by atoms with Gasteiger partial charge in [0.15, 0.2) is 0 Å². The molecule has 12 heteroatoms. The number of esters is 2. The molecule has 12 nitrogen and oxygen atoms in total. The molecular weight excluding hydrogens is 544 g/mol. The van der Waals surface area contributed by atoms with E-state index in [2.05, 4.69) is 10.6 Å². The van der Waals surface area contributed by atoms with Crippen molar-refractivity contribution in [2.75, 3.05) is 64.2 Å². The van der Waals surface area contributed by atoms with Crippen LogP contribution >= 0.6 is 0 Å². The van der Waals surface area contributed by atoms with Crippen molar-refractivity contribution in [1.82, 2.24) is 10.6 Å². The Labute approximate surface area is 243 Å². The van der Waals surface area contributed by atoms with Crippen LogP contribution in [-0.2, 0) is 18.9 Å². The number of benzene rings is 3. The molecule has 0 aliphatic carbocycles. The van der Waals surface area contributed by atoms with Gasteiger partial charge in [0.05, 0.1) is 37.6 Å². The van der Waals surface area contributed by atoms with Gasteiger partial charge in [-0.05, 0) is 42.5 Å². The molecule has 42 heavy (non-hydrogen) atoms. The second kappa shape index (κ2) is 17.0. The first-order valence-corrected chi connectivity index (χ1v) is 13.2. The highest BCUT2D eigenvalue weighted by molar-refractivity contribution is 5.99. The van der Waals surface area contributed by atoms with E-state index in [1.54, 1.807) is 66.7 Å². The van der Waals surface area contributed by atoms with Gasteiger partial charge in [-0.1, -0.05) is 30.3 Å². The molecule has 2 amide bonds. The van der Waals surface area contributed by atoms with Crippen LogP contribution in [0.25, 0.3) is 0 Å². The molecular formula is C30H34N4O8. The molecule has 0 unspecified atom stereocenters. The Bertz CT molecular complexity index is 1270. The Kier molecular flexibility index (Phi) is 12.8. The molecule has 0 radical (unpaired) electrons. The number of nitrogens with two attached hydrogens (primary N) is 2. The van der Waals surface area contributed by atoms with E-state index in [0.29, 0.717) is 33.6 Å². The van der Waals surface area contributed by atoms with Gasteiger partial charge >= 0.3 is 11.9 Å². The van der Waals surface area contributed by atoms with Crippen LogP contribution < -0.4 is 22.1 Å². The van der Waals surface area contributed by atoms with Crippen molar-refractivity contribution >= 4 is 35.1 Å². The highest BCUT2D eigenvalue weighted by Crippen LogP contribution is 2.12. The Balaban J connectivity index is 1.25. The van der Waals surface area contributed by atoms with Crippen LogP contribution in [0.2, 0.25) is 0 Å². The van der Waals surface area contributed by atoms with Gasteiger partial charge in [-0.15, -0.1) is 0 Å². The summed E-state index contributed by atoms with van der Waals surface area (Å²) in [7, 11) is 0. The smallest absolute Gasteiger partial charge is 0.340 e. The molecule has 0 aromatic heterocycles. The van der Waals surface area contributed by atoms with E-state index >= 15 is 0 Å². The number of hydrogen-bond donors (Lipinski definition) is 4.